The van der Waals surface area contributed by atoms with Crippen molar-refractivity contribution in [1.29, 1.82) is 0 Å². The molecule has 59 heavy (non-hydrogen) atoms. The molecule has 0 unspecified atom stereocenters. The van der Waals surface area contributed by atoms with E-state index in [0.29, 0.717) is 0 Å². The first-order valence-electron chi connectivity index (χ1n) is 19.0. The number of ether oxygens (including phenoxy) is 10. The van der Waals surface area contributed by atoms with E-state index in [2.05, 4.69) is 20.8 Å². The molecule has 10 atom stereocenters. The highest BCUT2D eigenvalue weighted by Gasteiger charge is 2.58. The van der Waals surface area contributed by atoms with Gasteiger partial charge in [-0.3, -0.25) is 28.8 Å². The summed E-state index contributed by atoms with van der Waals surface area (Å²) in [6, 6.07) is 19.5. The van der Waals surface area contributed by atoms with Crippen molar-refractivity contribution in [3.05, 3.63) is 60.7 Å². The molecular weight excluding hydrogens is 793 g/mol. The minimum Gasteiger partial charge on any atom is -0.463 e. The van der Waals surface area contributed by atoms with Crippen LogP contribution in [-0.4, -0.2) is 126 Å². The highest BCUT2D eigenvalue weighted by atomic mass is 28.4. The molecule has 0 aliphatic carbocycles. The van der Waals surface area contributed by atoms with Crippen LogP contribution in [-0.2, 0) is 80.6 Å². The van der Waals surface area contributed by atoms with Gasteiger partial charge in [0.05, 0.1) is 6.61 Å². The van der Waals surface area contributed by atoms with Crippen molar-refractivity contribution in [2.45, 2.75) is 129 Å². The number of carbonyl (C=O) groups is 6. The maximum atomic E-state index is 12.9. The molecule has 0 spiro atoms. The first-order chi connectivity index (χ1) is 27.8. The van der Waals surface area contributed by atoms with Crippen LogP contribution >= 0.6 is 0 Å². The average Bonchev–Trinajstić information content (AvgIpc) is 3.14. The highest BCUT2D eigenvalue weighted by Crippen LogP contribution is 2.39. The molecule has 2 fully saturated rings. The van der Waals surface area contributed by atoms with Crippen LogP contribution < -0.4 is 10.4 Å². The molecule has 18 heteroatoms. The molecular formula is C41H54O17Si. The van der Waals surface area contributed by atoms with Crippen molar-refractivity contribution >= 4 is 54.5 Å². The Kier molecular flexibility index (Phi) is 16.3. The highest BCUT2D eigenvalue weighted by molar-refractivity contribution is 6.99. The second-order valence-corrected chi connectivity index (χ2v) is 19.4. The lowest BCUT2D eigenvalue weighted by Gasteiger charge is -2.49. The van der Waals surface area contributed by atoms with Gasteiger partial charge in [-0.25, -0.2) is 0 Å². The largest absolute Gasteiger partial charge is 0.463 e. The van der Waals surface area contributed by atoms with E-state index in [9.17, 15) is 28.8 Å². The first-order valence-corrected chi connectivity index (χ1v) is 20.9. The van der Waals surface area contributed by atoms with Crippen molar-refractivity contribution in [2.75, 3.05) is 20.3 Å². The Morgan fingerprint density at radius 1 is 0.525 bits per heavy atom. The van der Waals surface area contributed by atoms with E-state index in [1.807, 2.05) is 60.7 Å². The summed E-state index contributed by atoms with van der Waals surface area (Å²) >= 11 is 0. The molecule has 324 valence electrons. The minimum absolute atomic E-state index is 0.212. The number of benzene rings is 2. The zero-order chi connectivity index (χ0) is 43.7. The Labute approximate surface area is 344 Å². The zero-order valence-electron chi connectivity index (χ0n) is 34.9. The summed E-state index contributed by atoms with van der Waals surface area (Å²) in [5.41, 5.74) is 0. The van der Waals surface area contributed by atoms with Crippen LogP contribution in [0.5, 0.6) is 0 Å². The number of hydrogen-bond acceptors (Lipinski definition) is 17. The van der Waals surface area contributed by atoms with E-state index < -0.39 is 117 Å². The molecule has 0 aromatic heterocycles. The molecule has 0 amide bonds. The Morgan fingerprint density at radius 2 is 0.915 bits per heavy atom. The fraction of sp³-hybridized carbons (Fsp3) is 0.561. The topological polar surface area (TPSA) is 204 Å². The van der Waals surface area contributed by atoms with Crippen LogP contribution in [0.15, 0.2) is 60.7 Å². The number of hydrogen-bond donors (Lipinski definition) is 0. The molecule has 4 rings (SSSR count). The van der Waals surface area contributed by atoms with Crippen LogP contribution in [0.25, 0.3) is 0 Å². The third-order valence-electron chi connectivity index (χ3n) is 9.55. The molecule has 0 N–H and O–H groups in total. The molecule has 2 saturated heterocycles. The van der Waals surface area contributed by atoms with Crippen molar-refractivity contribution in [3.63, 3.8) is 0 Å². The summed E-state index contributed by atoms with van der Waals surface area (Å²) in [7, 11) is -1.94. The van der Waals surface area contributed by atoms with Gasteiger partial charge in [0.25, 0.3) is 8.32 Å². The lowest BCUT2D eigenvalue weighted by molar-refractivity contribution is -0.359. The minimum atomic E-state index is -3.25. The molecule has 2 aromatic carbocycles. The van der Waals surface area contributed by atoms with Crippen molar-refractivity contribution in [2.24, 2.45) is 0 Å². The van der Waals surface area contributed by atoms with Gasteiger partial charge in [0, 0.05) is 48.7 Å². The Morgan fingerprint density at radius 3 is 1.34 bits per heavy atom. The van der Waals surface area contributed by atoms with Gasteiger partial charge in [-0.05, 0) is 15.4 Å². The summed E-state index contributed by atoms with van der Waals surface area (Å²) < 4.78 is 65.6. The lowest BCUT2D eigenvalue weighted by atomic mass is 9.96. The standard InChI is InChI=1S/C41H54O17Si/c1-23(42)49-21-31-33(51-24(2)43)35(53-26(4)45)38(55-28(6)47)40(57-31)58-36-34(52-25(3)44)32(56-39(48-10)37(36)54-27(5)46)22-50-59(41(7,8)9,29-17-13-11-14-18-29)30-19-15-12-16-20-30/h11-20,31-40H,21-22H2,1-10H3/t31-,32-,33-,34-,35+,36+,37-,38-,39+,40+/m1/s1. The van der Waals surface area contributed by atoms with Crippen LogP contribution in [0.3, 0.4) is 0 Å². The maximum Gasteiger partial charge on any atom is 0.303 e. The molecule has 2 aliphatic rings. The van der Waals surface area contributed by atoms with Crippen molar-refractivity contribution in [3.8, 4) is 0 Å². The van der Waals surface area contributed by atoms with Gasteiger partial charge in [-0.1, -0.05) is 81.4 Å². The second kappa shape index (κ2) is 20.5. The summed E-state index contributed by atoms with van der Waals surface area (Å²) in [4.78, 5) is 75.0. The molecule has 17 nitrogen and oxygen atoms in total. The second-order valence-electron chi connectivity index (χ2n) is 15.1. The van der Waals surface area contributed by atoms with Gasteiger partial charge in [0.1, 0.15) is 24.9 Å². The summed E-state index contributed by atoms with van der Waals surface area (Å²) in [6.07, 6.45) is -14.9. The smallest absolute Gasteiger partial charge is 0.303 e. The maximum absolute atomic E-state index is 12.9. The Balaban J connectivity index is 1.88. The number of rotatable bonds is 15. The molecule has 2 aliphatic heterocycles. The third kappa shape index (κ3) is 11.7. The van der Waals surface area contributed by atoms with Gasteiger partial charge in [0.2, 0.25) is 0 Å². The van der Waals surface area contributed by atoms with E-state index >= 15 is 0 Å². The third-order valence-corrected chi connectivity index (χ3v) is 14.6. The normalized spacial score (nSPS) is 27.1. The SMILES string of the molecule is CO[C@H]1O[C@H](CO[Si](c2ccccc2)(c2ccccc2)C(C)(C)C)[C@@H](OC(C)=O)[C@H](O[C@@H]2O[C@H](COC(C)=O)[C@@H](OC(C)=O)[C@H](OC(C)=O)[C@H]2OC(C)=O)[C@H]1OC(C)=O. The van der Waals surface area contributed by atoms with Gasteiger partial charge in [0.15, 0.2) is 43.1 Å². The van der Waals surface area contributed by atoms with Gasteiger partial charge >= 0.3 is 35.8 Å². The predicted octanol–water partition coefficient (Wildman–Crippen LogP) is 2.27. The summed E-state index contributed by atoms with van der Waals surface area (Å²) in [6.45, 7) is 12.2. The van der Waals surface area contributed by atoms with E-state index in [0.717, 1.165) is 51.9 Å². The van der Waals surface area contributed by atoms with E-state index in [1.165, 1.54) is 7.11 Å². The number of methoxy groups -OCH3 is 1. The van der Waals surface area contributed by atoms with E-state index in [1.54, 1.807) is 0 Å². The van der Waals surface area contributed by atoms with Gasteiger partial charge in [-0.15, -0.1) is 0 Å². The molecule has 0 radical (unpaired) electrons. The Bertz CT molecular complexity index is 1730. The molecule has 2 heterocycles. The average molecular weight is 847 g/mol. The van der Waals surface area contributed by atoms with Crippen molar-refractivity contribution in [1.82, 2.24) is 0 Å². The molecule has 2 aromatic rings. The lowest BCUT2D eigenvalue weighted by Crippen LogP contribution is -2.69. The quantitative estimate of drug-likeness (QED) is 0.143. The van der Waals surface area contributed by atoms with E-state index in [4.69, 9.17) is 51.8 Å². The van der Waals surface area contributed by atoms with Gasteiger partial charge < -0.3 is 51.8 Å². The van der Waals surface area contributed by atoms with E-state index in [-0.39, 0.29) is 6.61 Å². The fourth-order valence-corrected chi connectivity index (χ4v) is 12.0. The van der Waals surface area contributed by atoms with Crippen LogP contribution in [0, 0.1) is 0 Å². The molecule has 0 bridgehead atoms. The summed E-state index contributed by atoms with van der Waals surface area (Å²) in [5, 5.41) is 1.42. The fourth-order valence-electron chi connectivity index (χ4n) is 7.43. The number of esters is 6. The number of carbonyl (C=O) groups excluding carboxylic acids is 6. The van der Waals surface area contributed by atoms with Gasteiger partial charge in [-0.2, -0.15) is 0 Å². The zero-order valence-corrected chi connectivity index (χ0v) is 35.9. The first kappa shape index (κ1) is 47.0. The summed E-state index contributed by atoms with van der Waals surface area (Å²) in [5.74, 6) is -4.86. The van der Waals surface area contributed by atoms with Crippen molar-refractivity contribution < 1.29 is 80.6 Å². The predicted molar refractivity (Wildman–Crippen MR) is 207 cm³/mol. The van der Waals surface area contributed by atoms with Crippen LogP contribution in [0.4, 0.5) is 0 Å². The molecule has 0 saturated carbocycles. The Hall–Kier alpha value is -4.72. The van der Waals surface area contributed by atoms with Crippen LogP contribution in [0.1, 0.15) is 62.3 Å². The monoisotopic (exact) mass is 846 g/mol. The van der Waals surface area contributed by atoms with Crippen LogP contribution in [0.2, 0.25) is 5.04 Å².